The number of nitrogens with zero attached hydrogens (tertiary/aromatic N) is 2. The molecular weight excluding hydrogens is 260 g/mol. The molecule has 0 radical (unpaired) electrons. The van der Waals surface area contributed by atoms with Gasteiger partial charge in [-0.05, 0) is 6.07 Å². The number of pyridine rings is 1. The number of halogens is 1. The average Bonchev–Trinajstić information content (AvgIpc) is 2.39. The molecule has 0 N–H and O–H groups in total. The highest BCUT2D eigenvalue weighted by molar-refractivity contribution is 5.93. The fraction of sp³-hybridized carbons (Fsp3) is 0.200. The van der Waals surface area contributed by atoms with Crippen molar-refractivity contribution >= 4 is 5.91 Å². The third kappa shape index (κ3) is 4.07. The lowest BCUT2D eigenvalue weighted by molar-refractivity contribution is -0.688. The number of aromatic nitrogens is 1. The van der Waals surface area contributed by atoms with Crippen molar-refractivity contribution < 1.29 is 21.8 Å². The largest absolute Gasteiger partial charge is 1.00 e. The normalized spacial score (nSPS) is 9.58. The third-order valence-electron chi connectivity index (χ3n) is 2.72. The van der Waals surface area contributed by atoms with E-state index in [4.69, 9.17) is 0 Å². The quantitative estimate of drug-likeness (QED) is 0.642. The summed E-state index contributed by atoms with van der Waals surface area (Å²) in [7, 11) is 3.52. The van der Waals surface area contributed by atoms with Crippen molar-refractivity contribution in [3.05, 3.63) is 66.0 Å². The monoisotopic (exact) mass is 276 g/mol. The first-order valence-electron chi connectivity index (χ1n) is 5.91. The lowest BCUT2D eigenvalue weighted by Crippen LogP contribution is -3.00. The first-order valence-corrected chi connectivity index (χ1v) is 5.91. The van der Waals surface area contributed by atoms with Crippen molar-refractivity contribution in [1.82, 2.24) is 4.90 Å². The van der Waals surface area contributed by atoms with Gasteiger partial charge in [-0.1, -0.05) is 30.3 Å². The molecule has 0 atom stereocenters. The molecular formula is C15H17ClN2O. The van der Waals surface area contributed by atoms with Crippen molar-refractivity contribution in [2.75, 3.05) is 14.1 Å². The Morgan fingerprint density at radius 2 is 1.79 bits per heavy atom. The molecule has 0 fully saturated rings. The fourth-order valence-electron chi connectivity index (χ4n) is 1.80. The Hall–Kier alpha value is -1.87. The Kier molecular flexibility index (Phi) is 5.52. The van der Waals surface area contributed by atoms with Crippen LogP contribution in [0.3, 0.4) is 0 Å². The molecule has 0 unspecified atom stereocenters. The number of hydrogen-bond acceptors (Lipinski definition) is 1. The molecule has 0 spiro atoms. The SMILES string of the molecule is CN(C)C(=O)c1ccc[n+](Cc2ccccc2)c1.[Cl-]. The molecule has 19 heavy (non-hydrogen) atoms. The van der Waals surface area contributed by atoms with Crippen LogP contribution < -0.4 is 17.0 Å². The highest BCUT2D eigenvalue weighted by Gasteiger charge is 2.12. The van der Waals surface area contributed by atoms with Gasteiger partial charge in [0.05, 0.1) is 0 Å². The van der Waals surface area contributed by atoms with Gasteiger partial charge in [-0.25, -0.2) is 0 Å². The van der Waals surface area contributed by atoms with E-state index < -0.39 is 0 Å². The molecule has 0 saturated carbocycles. The van der Waals surface area contributed by atoms with Crippen LogP contribution in [0.2, 0.25) is 0 Å². The van der Waals surface area contributed by atoms with Crippen molar-refractivity contribution in [2.45, 2.75) is 6.54 Å². The summed E-state index contributed by atoms with van der Waals surface area (Å²) < 4.78 is 2.02. The van der Waals surface area contributed by atoms with Crippen molar-refractivity contribution in [2.24, 2.45) is 0 Å². The molecule has 2 rings (SSSR count). The number of rotatable bonds is 3. The van der Waals surface area contributed by atoms with Gasteiger partial charge in [0.25, 0.3) is 5.91 Å². The van der Waals surface area contributed by atoms with Crippen LogP contribution in [0.15, 0.2) is 54.9 Å². The Morgan fingerprint density at radius 1 is 1.11 bits per heavy atom. The lowest BCUT2D eigenvalue weighted by atomic mass is 10.2. The predicted molar refractivity (Wildman–Crippen MR) is 70.2 cm³/mol. The predicted octanol–water partition coefficient (Wildman–Crippen LogP) is -1.27. The summed E-state index contributed by atoms with van der Waals surface area (Å²) in [5.74, 6) is 0.0254. The molecule has 100 valence electrons. The second kappa shape index (κ2) is 6.90. The first-order chi connectivity index (χ1) is 8.66. The smallest absolute Gasteiger partial charge is 0.259 e. The van der Waals surface area contributed by atoms with E-state index in [0.717, 1.165) is 6.54 Å². The maximum atomic E-state index is 11.9. The van der Waals surface area contributed by atoms with Crippen LogP contribution in [-0.2, 0) is 6.54 Å². The molecule has 2 aromatic rings. The van der Waals surface area contributed by atoms with E-state index in [2.05, 4.69) is 12.1 Å². The molecule has 1 aromatic carbocycles. The van der Waals surface area contributed by atoms with Crippen LogP contribution >= 0.6 is 0 Å². The van der Waals surface area contributed by atoms with Crippen LogP contribution in [0.1, 0.15) is 15.9 Å². The van der Waals surface area contributed by atoms with E-state index in [-0.39, 0.29) is 18.3 Å². The Morgan fingerprint density at radius 3 is 2.42 bits per heavy atom. The molecule has 1 amide bonds. The van der Waals surface area contributed by atoms with E-state index >= 15 is 0 Å². The molecule has 1 aromatic heterocycles. The minimum atomic E-state index is 0. The van der Waals surface area contributed by atoms with Crippen molar-refractivity contribution in [3.8, 4) is 0 Å². The van der Waals surface area contributed by atoms with E-state index in [1.54, 1.807) is 19.0 Å². The standard InChI is InChI=1S/C15H17N2O.ClH/c1-16(2)15(18)14-9-6-10-17(12-14)11-13-7-4-3-5-8-13;/h3-10,12H,11H2,1-2H3;1H/q+1;/p-1. The maximum Gasteiger partial charge on any atom is 0.259 e. The fourth-order valence-corrected chi connectivity index (χ4v) is 1.80. The number of amides is 1. The maximum absolute atomic E-state index is 11.9. The summed E-state index contributed by atoms with van der Waals surface area (Å²) >= 11 is 0. The van der Waals surface area contributed by atoms with Gasteiger partial charge < -0.3 is 17.3 Å². The zero-order valence-electron chi connectivity index (χ0n) is 11.1. The van der Waals surface area contributed by atoms with Crippen LogP contribution in [-0.4, -0.2) is 24.9 Å². The van der Waals surface area contributed by atoms with Crippen LogP contribution in [0, 0.1) is 0 Å². The summed E-state index contributed by atoms with van der Waals surface area (Å²) in [4.78, 5) is 13.4. The second-order valence-electron chi connectivity index (χ2n) is 4.45. The van der Waals surface area contributed by atoms with Gasteiger partial charge in [-0.2, -0.15) is 4.57 Å². The Labute approximate surface area is 119 Å². The van der Waals surface area contributed by atoms with Crippen molar-refractivity contribution in [1.29, 1.82) is 0 Å². The topological polar surface area (TPSA) is 24.2 Å². The summed E-state index contributed by atoms with van der Waals surface area (Å²) in [5.41, 5.74) is 1.93. The number of hydrogen-bond donors (Lipinski definition) is 0. The van der Waals surface area contributed by atoms with E-state index in [9.17, 15) is 4.79 Å². The molecule has 0 aliphatic carbocycles. The molecule has 0 saturated heterocycles. The highest BCUT2D eigenvalue weighted by Crippen LogP contribution is 2.01. The zero-order chi connectivity index (χ0) is 13.0. The minimum absolute atomic E-state index is 0. The Balaban J connectivity index is 0.00000180. The van der Waals surface area contributed by atoms with Crippen LogP contribution in [0.5, 0.6) is 0 Å². The van der Waals surface area contributed by atoms with Gasteiger partial charge in [0, 0.05) is 25.7 Å². The van der Waals surface area contributed by atoms with Crippen molar-refractivity contribution in [3.63, 3.8) is 0 Å². The van der Waals surface area contributed by atoms with Gasteiger partial charge >= 0.3 is 0 Å². The van der Waals surface area contributed by atoms with E-state index in [1.165, 1.54) is 5.56 Å². The van der Waals surface area contributed by atoms with Crippen LogP contribution in [0.25, 0.3) is 0 Å². The average molecular weight is 277 g/mol. The van der Waals surface area contributed by atoms with Crippen LogP contribution in [0.4, 0.5) is 0 Å². The van der Waals surface area contributed by atoms with E-state index in [1.807, 2.05) is 47.3 Å². The third-order valence-corrected chi connectivity index (χ3v) is 2.72. The van der Waals surface area contributed by atoms with Gasteiger partial charge in [-0.15, -0.1) is 0 Å². The van der Waals surface area contributed by atoms with Gasteiger partial charge in [-0.3, -0.25) is 4.79 Å². The summed E-state index contributed by atoms with van der Waals surface area (Å²) in [5, 5.41) is 0. The summed E-state index contributed by atoms with van der Waals surface area (Å²) in [6, 6.07) is 13.9. The van der Waals surface area contributed by atoms with Gasteiger partial charge in [0.2, 0.25) is 0 Å². The van der Waals surface area contributed by atoms with E-state index in [0.29, 0.717) is 5.56 Å². The first kappa shape index (κ1) is 15.2. The number of carbonyl (C=O) groups excluding carboxylic acids is 1. The van der Waals surface area contributed by atoms with Gasteiger partial charge in [0.15, 0.2) is 18.9 Å². The Bertz CT molecular complexity index is 541. The molecule has 1 heterocycles. The number of carbonyl (C=O) groups is 1. The highest BCUT2D eigenvalue weighted by atomic mass is 35.5. The second-order valence-corrected chi connectivity index (χ2v) is 4.45. The molecule has 0 aliphatic heterocycles. The minimum Gasteiger partial charge on any atom is -1.00 e. The summed E-state index contributed by atoms with van der Waals surface area (Å²) in [6.07, 6.45) is 3.86. The number of benzene rings is 1. The lowest BCUT2D eigenvalue weighted by Gasteiger charge is -2.08. The molecule has 4 heteroatoms. The molecule has 3 nitrogen and oxygen atoms in total. The zero-order valence-corrected chi connectivity index (χ0v) is 11.8. The summed E-state index contributed by atoms with van der Waals surface area (Å²) in [6.45, 7) is 0.773. The molecule has 0 aliphatic rings. The molecule has 0 bridgehead atoms. The van der Waals surface area contributed by atoms with Gasteiger partial charge in [0.1, 0.15) is 5.56 Å².